The highest BCUT2D eigenvalue weighted by molar-refractivity contribution is 5.62. The summed E-state index contributed by atoms with van der Waals surface area (Å²) in [5.41, 5.74) is -1.09. The molecule has 0 aliphatic heterocycles. The number of benzene rings is 1. The molecule has 1 atom stereocenters. The first-order valence-electron chi connectivity index (χ1n) is 5.70. The van der Waals surface area contributed by atoms with Crippen LogP contribution in [0.4, 0.5) is 20.2 Å². The molecule has 0 amide bonds. The highest BCUT2D eigenvalue weighted by Gasteiger charge is 2.24. The molecule has 20 heavy (non-hydrogen) atoms. The van der Waals surface area contributed by atoms with Gasteiger partial charge in [0, 0.05) is 12.1 Å². The van der Waals surface area contributed by atoms with Crippen LogP contribution in [0.25, 0.3) is 0 Å². The normalized spacial score (nSPS) is 12.2. The first kappa shape index (κ1) is 13.9. The molecular formula is C12H11F2N3O3. The standard InChI is InChI=1S/C12H11F2N3O3/c1-6-5-15-12(20-6)7(2)16-10-4-8(13)3-9(14)11(10)17(18)19/h3-5,7,16H,1-2H3. The quantitative estimate of drug-likeness (QED) is 0.687. The molecule has 1 unspecified atom stereocenters. The van der Waals surface area contributed by atoms with Gasteiger partial charge in [-0.3, -0.25) is 10.1 Å². The zero-order valence-electron chi connectivity index (χ0n) is 10.7. The number of anilines is 1. The van der Waals surface area contributed by atoms with Gasteiger partial charge in [0.1, 0.15) is 23.3 Å². The zero-order valence-corrected chi connectivity index (χ0v) is 10.7. The summed E-state index contributed by atoms with van der Waals surface area (Å²) < 4.78 is 31.9. The van der Waals surface area contributed by atoms with Crippen LogP contribution in [0.15, 0.2) is 22.7 Å². The molecular weight excluding hydrogens is 272 g/mol. The van der Waals surface area contributed by atoms with Gasteiger partial charge in [-0.2, -0.15) is 4.39 Å². The van der Waals surface area contributed by atoms with Crippen LogP contribution < -0.4 is 5.32 Å². The Bertz CT molecular complexity index is 657. The summed E-state index contributed by atoms with van der Waals surface area (Å²) in [6.07, 6.45) is 1.48. The number of hydrogen-bond acceptors (Lipinski definition) is 5. The highest BCUT2D eigenvalue weighted by Crippen LogP contribution is 2.31. The van der Waals surface area contributed by atoms with Crippen molar-refractivity contribution in [1.82, 2.24) is 4.98 Å². The molecule has 0 spiro atoms. The van der Waals surface area contributed by atoms with Crippen LogP contribution in [0, 0.1) is 28.7 Å². The van der Waals surface area contributed by atoms with Crippen molar-refractivity contribution in [2.45, 2.75) is 19.9 Å². The van der Waals surface area contributed by atoms with Crippen LogP contribution in [-0.4, -0.2) is 9.91 Å². The van der Waals surface area contributed by atoms with Crippen molar-refractivity contribution in [2.75, 3.05) is 5.32 Å². The summed E-state index contributed by atoms with van der Waals surface area (Å²) in [7, 11) is 0. The Morgan fingerprint density at radius 2 is 2.15 bits per heavy atom. The van der Waals surface area contributed by atoms with Gasteiger partial charge in [-0.15, -0.1) is 0 Å². The number of rotatable bonds is 4. The lowest BCUT2D eigenvalue weighted by molar-refractivity contribution is -0.386. The minimum atomic E-state index is -1.24. The third-order valence-electron chi connectivity index (χ3n) is 2.59. The number of aryl methyl sites for hydroxylation is 1. The fourth-order valence-electron chi connectivity index (χ4n) is 1.73. The van der Waals surface area contributed by atoms with E-state index in [4.69, 9.17) is 4.42 Å². The van der Waals surface area contributed by atoms with Crippen molar-refractivity contribution in [3.05, 3.63) is 51.7 Å². The van der Waals surface area contributed by atoms with E-state index in [2.05, 4.69) is 10.3 Å². The molecule has 106 valence electrons. The lowest BCUT2D eigenvalue weighted by Crippen LogP contribution is -2.10. The van der Waals surface area contributed by atoms with Crippen molar-refractivity contribution < 1.29 is 18.1 Å². The molecule has 0 fully saturated rings. The van der Waals surface area contributed by atoms with E-state index in [1.165, 1.54) is 6.20 Å². The number of halogens is 2. The van der Waals surface area contributed by atoms with Gasteiger partial charge in [-0.05, 0) is 13.8 Å². The van der Waals surface area contributed by atoms with Gasteiger partial charge in [-0.1, -0.05) is 0 Å². The number of nitrogens with zero attached hydrogens (tertiary/aromatic N) is 2. The second-order valence-corrected chi connectivity index (χ2v) is 4.22. The molecule has 0 aliphatic carbocycles. The van der Waals surface area contributed by atoms with E-state index in [0.717, 1.165) is 6.07 Å². The predicted octanol–water partition coefficient (Wildman–Crippen LogP) is 3.34. The van der Waals surface area contributed by atoms with E-state index >= 15 is 0 Å². The molecule has 8 heteroatoms. The summed E-state index contributed by atoms with van der Waals surface area (Å²) in [4.78, 5) is 13.9. The Balaban J connectivity index is 2.35. The topological polar surface area (TPSA) is 81.2 Å². The Kier molecular flexibility index (Phi) is 3.64. The van der Waals surface area contributed by atoms with E-state index in [1.807, 2.05) is 0 Å². The fourth-order valence-corrected chi connectivity index (χ4v) is 1.73. The second-order valence-electron chi connectivity index (χ2n) is 4.22. The third kappa shape index (κ3) is 2.73. The first-order valence-corrected chi connectivity index (χ1v) is 5.70. The van der Waals surface area contributed by atoms with Crippen molar-refractivity contribution >= 4 is 11.4 Å². The van der Waals surface area contributed by atoms with Crippen LogP contribution in [0.5, 0.6) is 0 Å². The predicted molar refractivity (Wildman–Crippen MR) is 66.3 cm³/mol. The Morgan fingerprint density at radius 3 is 2.70 bits per heavy atom. The monoisotopic (exact) mass is 283 g/mol. The summed E-state index contributed by atoms with van der Waals surface area (Å²) in [5, 5.41) is 13.5. The maximum Gasteiger partial charge on any atom is 0.327 e. The molecule has 0 saturated heterocycles. The zero-order chi connectivity index (χ0) is 14.9. The second kappa shape index (κ2) is 5.24. The maximum absolute atomic E-state index is 13.5. The van der Waals surface area contributed by atoms with Gasteiger partial charge >= 0.3 is 5.69 Å². The van der Waals surface area contributed by atoms with Gasteiger partial charge in [0.2, 0.25) is 11.7 Å². The molecule has 0 radical (unpaired) electrons. The molecule has 1 aromatic heterocycles. The van der Waals surface area contributed by atoms with Gasteiger partial charge in [-0.25, -0.2) is 9.37 Å². The molecule has 1 N–H and O–H groups in total. The lowest BCUT2D eigenvalue weighted by atomic mass is 10.2. The van der Waals surface area contributed by atoms with E-state index in [9.17, 15) is 18.9 Å². The lowest BCUT2D eigenvalue weighted by Gasteiger charge is -2.12. The Morgan fingerprint density at radius 1 is 1.45 bits per heavy atom. The Labute approximate surface area is 112 Å². The number of nitro benzene ring substituents is 1. The van der Waals surface area contributed by atoms with Crippen LogP contribution in [-0.2, 0) is 0 Å². The molecule has 1 heterocycles. The Hall–Kier alpha value is -2.51. The van der Waals surface area contributed by atoms with Crippen molar-refractivity contribution in [3.63, 3.8) is 0 Å². The average Bonchev–Trinajstić information content (AvgIpc) is 2.74. The van der Waals surface area contributed by atoms with Crippen LogP contribution >= 0.6 is 0 Å². The molecule has 0 bridgehead atoms. The summed E-state index contributed by atoms with van der Waals surface area (Å²) in [5.74, 6) is -1.32. The van der Waals surface area contributed by atoms with Crippen LogP contribution in [0.3, 0.4) is 0 Å². The third-order valence-corrected chi connectivity index (χ3v) is 2.59. The van der Waals surface area contributed by atoms with E-state index in [0.29, 0.717) is 11.8 Å². The fraction of sp³-hybridized carbons (Fsp3) is 0.250. The smallest absolute Gasteiger partial charge is 0.327 e. The highest BCUT2D eigenvalue weighted by atomic mass is 19.1. The minimum absolute atomic E-state index is 0.265. The van der Waals surface area contributed by atoms with Crippen molar-refractivity contribution in [2.24, 2.45) is 0 Å². The SMILES string of the molecule is Cc1cnc(C(C)Nc2cc(F)cc(F)c2[N+](=O)[O-])o1. The number of nitro groups is 1. The minimum Gasteiger partial charge on any atom is -0.444 e. The van der Waals surface area contributed by atoms with Gasteiger partial charge in [0.05, 0.1) is 11.1 Å². The van der Waals surface area contributed by atoms with Gasteiger partial charge in [0.15, 0.2) is 0 Å². The molecule has 0 aliphatic rings. The molecule has 0 saturated carbocycles. The van der Waals surface area contributed by atoms with Gasteiger partial charge < -0.3 is 9.73 Å². The number of hydrogen-bond donors (Lipinski definition) is 1. The van der Waals surface area contributed by atoms with Crippen molar-refractivity contribution in [1.29, 1.82) is 0 Å². The molecule has 6 nitrogen and oxygen atoms in total. The van der Waals surface area contributed by atoms with Crippen LogP contribution in [0.1, 0.15) is 24.6 Å². The summed E-state index contributed by atoms with van der Waals surface area (Å²) >= 11 is 0. The maximum atomic E-state index is 13.5. The average molecular weight is 283 g/mol. The van der Waals surface area contributed by atoms with Crippen LogP contribution in [0.2, 0.25) is 0 Å². The van der Waals surface area contributed by atoms with Gasteiger partial charge in [0.25, 0.3) is 0 Å². The van der Waals surface area contributed by atoms with E-state index < -0.39 is 28.3 Å². The summed E-state index contributed by atoms with van der Waals surface area (Å²) in [6, 6.07) is 0.736. The largest absolute Gasteiger partial charge is 0.444 e. The number of oxazole rings is 1. The number of nitrogens with one attached hydrogen (secondary N) is 1. The van der Waals surface area contributed by atoms with Crippen molar-refractivity contribution in [3.8, 4) is 0 Å². The molecule has 2 rings (SSSR count). The number of aromatic nitrogens is 1. The molecule has 2 aromatic rings. The van der Waals surface area contributed by atoms with E-state index in [1.54, 1.807) is 13.8 Å². The first-order chi connectivity index (χ1) is 9.38. The summed E-state index contributed by atoms with van der Waals surface area (Å²) in [6.45, 7) is 3.30. The molecule has 1 aromatic carbocycles. The van der Waals surface area contributed by atoms with E-state index in [-0.39, 0.29) is 11.6 Å².